The summed E-state index contributed by atoms with van der Waals surface area (Å²) >= 11 is 0. The van der Waals surface area contributed by atoms with Crippen LogP contribution in [0.15, 0.2) is 48.9 Å². The molecule has 3 heterocycles. The van der Waals surface area contributed by atoms with E-state index in [1.807, 2.05) is 4.90 Å². The van der Waals surface area contributed by atoms with Gasteiger partial charge in [-0.2, -0.15) is 13.2 Å². The number of imidazole rings is 1. The molecule has 2 aromatic heterocycles. The number of alkyl halides is 3. The zero-order valence-electron chi connectivity index (χ0n) is 18.3. The highest BCUT2D eigenvalue weighted by Crippen LogP contribution is 2.32. The molecule has 0 radical (unpaired) electrons. The number of carbonyl (C=O) groups is 2. The SMILES string of the molecule is O=C(CCCc1cnc[nH]1)c1ccc(N2CCN(C(=O)c3ccccc3C(F)(F)F)CC2)nn1. The Hall–Kier alpha value is -3.76. The largest absolute Gasteiger partial charge is 0.417 e. The molecule has 1 aliphatic rings. The van der Waals surface area contributed by atoms with Crippen LogP contribution in [0.5, 0.6) is 0 Å². The molecule has 1 amide bonds. The maximum atomic E-state index is 13.3. The van der Waals surface area contributed by atoms with E-state index in [1.54, 1.807) is 24.7 Å². The standard InChI is InChI=1S/C23H23F3N6O2/c24-23(25,26)18-6-2-1-5-17(18)22(34)32-12-10-31(11-13-32)21-9-8-19(29-30-21)20(33)7-3-4-16-14-27-15-28-16/h1-2,5-6,8-9,14-15H,3-4,7,10-13H2,(H,27,28). The Balaban J connectivity index is 1.31. The number of anilines is 1. The van der Waals surface area contributed by atoms with Crippen LogP contribution in [-0.2, 0) is 12.6 Å². The fourth-order valence-corrected chi connectivity index (χ4v) is 3.86. The highest BCUT2D eigenvalue weighted by Gasteiger charge is 2.36. The second-order valence-corrected chi connectivity index (χ2v) is 7.95. The molecule has 1 N–H and O–H groups in total. The molecule has 1 fully saturated rings. The van der Waals surface area contributed by atoms with Crippen molar-refractivity contribution in [2.75, 3.05) is 31.1 Å². The molecule has 0 aliphatic carbocycles. The highest BCUT2D eigenvalue weighted by molar-refractivity contribution is 5.96. The molecule has 0 saturated carbocycles. The Morgan fingerprint density at radius 3 is 2.41 bits per heavy atom. The summed E-state index contributed by atoms with van der Waals surface area (Å²) in [5.74, 6) is -0.191. The fourth-order valence-electron chi connectivity index (χ4n) is 3.86. The molecule has 8 nitrogen and oxygen atoms in total. The molecule has 1 aliphatic heterocycles. The minimum atomic E-state index is -4.60. The topological polar surface area (TPSA) is 95.1 Å². The zero-order chi connectivity index (χ0) is 24.1. The molecule has 0 spiro atoms. The molecule has 34 heavy (non-hydrogen) atoms. The summed E-state index contributed by atoms with van der Waals surface area (Å²) < 4.78 is 39.8. The minimum Gasteiger partial charge on any atom is -0.352 e. The normalized spacial score (nSPS) is 14.3. The van der Waals surface area contributed by atoms with Gasteiger partial charge < -0.3 is 14.8 Å². The van der Waals surface area contributed by atoms with Crippen molar-refractivity contribution in [1.82, 2.24) is 25.1 Å². The van der Waals surface area contributed by atoms with Crippen LogP contribution < -0.4 is 4.90 Å². The van der Waals surface area contributed by atoms with Crippen molar-refractivity contribution >= 4 is 17.5 Å². The Kier molecular flexibility index (Phi) is 6.90. The van der Waals surface area contributed by atoms with Crippen LogP contribution >= 0.6 is 0 Å². The number of carbonyl (C=O) groups excluding carboxylic acids is 2. The average Bonchev–Trinajstić information content (AvgIpc) is 3.37. The van der Waals surface area contributed by atoms with Crippen LogP contribution in [0.1, 0.15) is 44.9 Å². The number of halogens is 3. The van der Waals surface area contributed by atoms with Gasteiger partial charge in [0, 0.05) is 44.5 Å². The van der Waals surface area contributed by atoms with Gasteiger partial charge in [-0.05, 0) is 37.1 Å². The van der Waals surface area contributed by atoms with E-state index >= 15 is 0 Å². The molecule has 3 aromatic rings. The maximum absolute atomic E-state index is 13.3. The summed E-state index contributed by atoms with van der Waals surface area (Å²) in [7, 11) is 0. The highest BCUT2D eigenvalue weighted by atomic mass is 19.4. The first kappa shape index (κ1) is 23.4. The van der Waals surface area contributed by atoms with Crippen molar-refractivity contribution in [2.24, 2.45) is 0 Å². The van der Waals surface area contributed by atoms with Gasteiger partial charge in [-0.15, -0.1) is 10.2 Å². The van der Waals surface area contributed by atoms with Crippen molar-refractivity contribution in [1.29, 1.82) is 0 Å². The van der Waals surface area contributed by atoms with Crippen molar-refractivity contribution < 1.29 is 22.8 Å². The molecule has 0 bridgehead atoms. The zero-order valence-corrected chi connectivity index (χ0v) is 18.3. The van der Waals surface area contributed by atoms with E-state index in [2.05, 4.69) is 20.2 Å². The molecule has 178 valence electrons. The Bertz CT molecular complexity index is 1120. The number of piperazine rings is 1. The van der Waals surface area contributed by atoms with Gasteiger partial charge in [0.2, 0.25) is 0 Å². The summed E-state index contributed by atoms with van der Waals surface area (Å²) in [5.41, 5.74) is -0.0311. The number of hydrogen-bond acceptors (Lipinski definition) is 6. The number of nitrogens with zero attached hydrogens (tertiary/aromatic N) is 5. The second kappa shape index (κ2) is 10.0. The lowest BCUT2D eigenvalue weighted by atomic mass is 10.1. The number of amides is 1. The van der Waals surface area contributed by atoms with Gasteiger partial charge >= 0.3 is 6.18 Å². The summed E-state index contributed by atoms with van der Waals surface area (Å²) in [6.45, 7) is 1.29. The number of benzene rings is 1. The van der Waals surface area contributed by atoms with Gasteiger partial charge in [-0.1, -0.05) is 12.1 Å². The number of aromatic nitrogens is 4. The Labute approximate surface area is 193 Å². The van der Waals surface area contributed by atoms with E-state index in [9.17, 15) is 22.8 Å². The molecule has 11 heteroatoms. The predicted molar refractivity (Wildman–Crippen MR) is 117 cm³/mol. The lowest BCUT2D eigenvalue weighted by molar-refractivity contribution is -0.138. The van der Waals surface area contributed by atoms with E-state index in [1.165, 1.54) is 23.1 Å². The van der Waals surface area contributed by atoms with E-state index in [0.717, 1.165) is 11.8 Å². The molecular weight excluding hydrogens is 449 g/mol. The number of ketones is 1. The van der Waals surface area contributed by atoms with Gasteiger partial charge in [-0.3, -0.25) is 9.59 Å². The molecular formula is C23H23F3N6O2. The quantitative estimate of drug-likeness (QED) is 0.530. The van der Waals surface area contributed by atoms with E-state index in [4.69, 9.17) is 0 Å². The summed E-state index contributed by atoms with van der Waals surface area (Å²) in [6.07, 6.45) is 0.445. The van der Waals surface area contributed by atoms with Crippen LogP contribution in [0.3, 0.4) is 0 Å². The summed E-state index contributed by atoms with van der Waals surface area (Å²) in [5, 5.41) is 8.19. The van der Waals surface area contributed by atoms with Crippen LogP contribution in [0.4, 0.5) is 19.0 Å². The molecule has 0 unspecified atom stereocenters. The van der Waals surface area contributed by atoms with Gasteiger partial charge in [0.25, 0.3) is 5.91 Å². The maximum Gasteiger partial charge on any atom is 0.417 e. The van der Waals surface area contributed by atoms with Crippen LogP contribution in [0, 0.1) is 0 Å². The van der Waals surface area contributed by atoms with Crippen molar-refractivity contribution in [2.45, 2.75) is 25.4 Å². The number of rotatable bonds is 7. The van der Waals surface area contributed by atoms with Crippen molar-refractivity contribution in [3.8, 4) is 0 Å². The van der Waals surface area contributed by atoms with E-state index in [0.29, 0.717) is 38.2 Å². The molecule has 1 aromatic carbocycles. The number of Topliss-reactive ketones (excluding diaryl/α,β-unsaturated/α-hetero) is 1. The smallest absolute Gasteiger partial charge is 0.352 e. The monoisotopic (exact) mass is 472 g/mol. The Morgan fingerprint density at radius 1 is 1.00 bits per heavy atom. The van der Waals surface area contributed by atoms with Gasteiger partial charge in [-0.25, -0.2) is 4.98 Å². The number of hydrogen-bond donors (Lipinski definition) is 1. The minimum absolute atomic E-state index is 0.0997. The number of aromatic amines is 1. The third kappa shape index (κ3) is 5.41. The van der Waals surface area contributed by atoms with Gasteiger partial charge in [0.05, 0.1) is 17.5 Å². The van der Waals surface area contributed by atoms with Gasteiger partial charge in [0.15, 0.2) is 11.6 Å². The lowest BCUT2D eigenvalue weighted by Crippen LogP contribution is -2.49. The first-order valence-electron chi connectivity index (χ1n) is 10.9. The first-order chi connectivity index (χ1) is 16.3. The predicted octanol–water partition coefficient (Wildman–Crippen LogP) is 3.39. The van der Waals surface area contributed by atoms with Crippen molar-refractivity contribution in [3.05, 3.63) is 71.4 Å². The summed E-state index contributed by atoms with van der Waals surface area (Å²) in [6, 6.07) is 8.13. The number of nitrogens with one attached hydrogen (secondary N) is 1. The summed E-state index contributed by atoms with van der Waals surface area (Å²) in [4.78, 5) is 35.3. The van der Waals surface area contributed by atoms with E-state index in [-0.39, 0.29) is 30.1 Å². The third-order valence-corrected chi connectivity index (χ3v) is 5.69. The number of H-pyrrole nitrogens is 1. The van der Waals surface area contributed by atoms with Crippen molar-refractivity contribution in [3.63, 3.8) is 0 Å². The van der Waals surface area contributed by atoms with E-state index < -0.39 is 17.6 Å². The average molecular weight is 472 g/mol. The number of aryl methyl sites for hydroxylation is 1. The van der Waals surface area contributed by atoms with Crippen LogP contribution in [0.2, 0.25) is 0 Å². The fraction of sp³-hybridized carbons (Fsp3) is 0.348. The van der Waals surface area contributed by atoms with Gasteiger partial charge in [0.1, 0.15) is 5.69 Å². The first-order valence-corrected chi connectivity index (χ1v) is 10.9. The Morgan fingerprint density at radius 2 is 1.76 bits per heavy atom. The van der Waals surface area contributed by atoms with Crippen LogP contribution in [0.25, 0.3) is 0 Å². The molecule has 4 rings (SSSR count). The third-order valence-electron chi connectivity index (χ3n) is 5.69. The second-order valence-electron chi connectivity index (χ2n) is 7.95. The molecule has 0 atom stereocenters. The molecule has 1 saturated heterocycles. The lowest BCUT2D eigenvalue weighted by Gasteiger charge is -2.35. The van der Waals surface area contributed by atoms with Crippen LogP contribution in [-0.4, -0.2) is 62.9 Å².